The summed E-state index contributed by atoms with van der Waals surface area (Å²) in [6.07, 6.45) is 5.91. The smallest absolute Gasteiger partial charge is 0.0239 e. The number of hydrogen-bond acceptors (Lipinski definition) is 0. The van der Waals surface area contributed by atoms with Crippen molar-refractivity contribution in [1.82, 2.24) is 0 Å². The summed E-state index contributed by atoms with van der Waals surface area (Å²) >= 11 is 0. The second-order valence-corrected chi connectivity index (χ2v) is 2.85. The van der Waals surface area contributed by atoms with E-state index in [0.717, 1.165) is 11.1 Å². The minimum absolute atomic E-state index is 1.05. The molecule has 0 rings (SSSR count). The zero-order valence-electron chi connectivity index (χ0n) is 7.65. The molecule has 0 amide bonds. The summed E-state index contributed by atoms with van der Waals surface area (Å²) in [4.78, 5) is 0. The molecular weight excluding hydrogens is 132 g/mol. The van der Waals surface area contributed by atoms with Gasteiger partial charge >= 0.3 is 0 Å². The highest BCUT2D eigenvalue weighted by Gasteiger charge is 1.87. The quantitative estimate of drug-likeness (QED) is 0.536. The summed E-state index contributed by atoms with van der Waals surface area (Å²) in [6.45, 7) is 13.6. The van der Waals surface area contributed by atoms with E-state index >= 15 is 0 Å². The van der Waals surface area contributed by atoms with Gasteiger partial charge in [0.1, 0.15) is 0 Å². The summed E-state index contributed by atoms with van der Waals surface area (Å²) in [5.74, 6) is 0. The van der Waals surface area contributed by atoms with Gasteiger partial charge < -0.3 is 0 Å². The van der Waals surface area contributed by atoms with Crippen molar-refractivity contribution in [2.24, 2.45) is 0 Å². The molecule has 0 spiro atoms. The molecule has 0 saturated heterocycles. The lowest BCUT2D eigenvalue weighted by atomic mass is 10.1. The van der Waals surface area contributed by atoms with E-state index in [9.17, 15) is 0 Å². The van der Waals surface area contributed by atoms with Gasteiger partial charge in [0.2, 0.25) is 0 Å². The van der Waals surface area contributed by atoms with Crippen molar-refractivity contribution in [3.63, 3.8) is 0 Å². The fourth-order valence-corrected chi connectivity index (χ4v) is 0.641. The maximum Gasteiger partial charge on any atom is -0.0239 e. The second-order valence-electron chi connectivity index (χ2n) is 2.85. The maximum atomic E-state index is 3.84. The molecule has 0 heterocycles. The Morgan fingerprint density at radius 1 is 1.09 bits per heavy atom. The molecule has 60 valence electrons. The molecule has 0 aromatic heterocycles. The van der Waals surface area contributed by atoms with E-state index in [1.807, 2.05) is 19.1 Å². The highest BCUT2D eigenvalue weighted by molar-refractivity contribution is 5.38. The van der Waals surface area contributed by atoms with Crippen LogP contribution in [0.2, 0.25) is 0 Å². The Morgan fingerprint density at radius 3 is 1.91 bits per heavy atom. The molecule has 0 aliphatic rings. The topological polar surface area (TPSA) is 0 Å². The van der Waals surface area contributed by atoms with Crippen molar-refractivity contribution >= 4 is 0 Å². The van der Waals surface area contributed by atoms with Crippen LogP contribution in [-0.4, -0.2) is 0 Å². The molecule has 0 nitrogen and oxygen atoms in total. The fraction of sp³-hybridized carbons (Fsp3) is 0.273. The average Bonchev–Trinajstić information content (AvgIpc) is 1.87. The van der Waals surface area contributed by atoms with Gasteiger partial charge in [-0.15, -0.1) is 0 Å². The molecule has 0 atom stereocenters. The summed E-state index contributed by atoms with van der Waals surface area (Å²) < 4.78 is 0. The molecule has 11 heavy (non-hydrogen) atoms. The zero-order valence-corrected chi connectivity index (χ0v) is 7.65. The number of hydrogen-bond donors (Lipinski definition) is 0. The van der Waals surface area contributed by atoms with Crippen LogP contribution in [0.15, 0.2) is 48.1 Å². The lowest BCUT2D eigenvalue weighted by molar-refractivity contribution is 1.38. The van der Waals surface area contributed by atoms with Crippen LogP contribution in [0.4, 0.5) is 0 Å². The van der Waals surface area contributed by atoms with Crippen molar-refractivity contribution in [2.45, 2.75) is 20.8 Å². The zero-order chi connectivity index (χ0) is 8.85. The van der Waals surface area contributed by atoms with E-state index in [2.05, 4.69) is 33.1 Å². The Bertz CT molecular complexity index is 210. The van der Waals surface area contributed by atoms with Gasteiger partial charge in [-0.3, -0.25) is 0 Å². The minimum Gasteiger partial charge on any atom is -0.0985 e. The van der Waals surface area contributed by atoms with Crippen LogP contribution in [0.5, 0.6) is 0 Å². The predicted molar refractivity (Wildman–Crippen MR) is 52.5 cm³/mol. The van der Waals surface area contributed by atoms with Crippen LogP contribution in [0, 0.1) is 0 Å². The lowest BCUT2D eigenvalue weighted by Gasteiger charge is -1.96. The summed E-state index contributed by atoms with van der Waals surface area (Å²) in [5, 5.41) is 0. The third kappa shape index (κ3) is 4.38. The maximum absolute atomic E-state index is 3.84. The summed E-state index contributed by atoms with van der Waals surface area (Å²) in [6, 6.07) is 0. The van der Waals surface area contributed by atoms with Gasteiger partial charge in [0.05, 0.1) is 0 Å². The van der Waals surface area contributed by atoms with Gasteiger partial charge in [-0.05, 0) is 26.3 Å². The molecule has 0 aliphatic heterocycles. The number of allylic oxidation sites excluding steroid dienone is 6. The molecule has 0 heteroatoms. The molecule has 0 aromatic carbocycles. The predicted octanol–water partition coefficient (Wildman–Crippen LogP) is 3.64. The molecule has 0 aromatic rings. The standard InChI is InChI=1S/C11H16/c1-6-11(10(4)5)8-7-9(2)3/h6-8H,1,4H2,2-3,5H3/b11-8-. The van der Waals surface area contributed by atoms with Gasteiger partial charge in [-0.25, -0.2) is 0 Å². The molecule has 0 bridgehead atoms. The van der Waals surface area contributed by atoms with Gasteiger partial charge in [0, 0.05) is 0 Å². The van der Waals surface area contributed by atoms with E-state index in [0.29, 0.717) is 0 Å². The van der Waals surface area contributed by atoms with Crippen LogP contribution in [-0.2, 0) is 0 Å². The normalized spacial score (nSPS) is 10.6. The number of rotatable bonds is 3. The molecule has 0 N–H and O–H groups in total. The SMILES string of the molecule is C=C/C(=C/C=C(C)C)C(=C)C. The van der Waals surface area contributed by atoms with Gasteiger partial charge in [0.15, 0.2) is 0 Å². The van der Waals surface area contributed by atoms with Crippen LogP contribution >= 0.6 is 0 Å². The third-order valence-electron chi connectivity index (χ3n) is 1.31. The Labute approximate surface area is 69.6 Å². The molecular formula is C11H16. The molecule has 0 radical (unpaired) electrons. The molecule has 0 fully saturated rings. The van der Waals surface area contributed by atoms with Gasteiger partial charge in [-0.1, -0.05) is 42.5 Å². The Balaban J connectivity index is 4.50. The monoisotopic (exact) mass is 148 g/mol. The first-order chi connectivity index (χ1) is 5.07. The van der Waals surface area contributed by atoms with Crippen LogP contribution in [0.3, 0.4) is 0 Å². The minimum atomic E-state index is 1.05. The van der Waals surface area contributed by atoms with E-state index in [1.165, 1.54) is 5.57 Å². The average molecular weight is 148 g/mol. The summed E-state index contributed by atoms with van der Waals surface area (Å²) in [5.41, 5.74) is 3.44. The van der Waals surface area contributed by atoms with E-state index in [1.54, 1.807) is 0 Å². The van der Waals surface area contributed by atoms with Crippen molar-refractivity contribution < 1.29 is 0 Å². The van der Waals surface area contributed by atoms with Crippen molar-refractivity contribution in [2.75, 3.05) is 0 Å². The van der Waals surface area contributed by atoms with Crippen molar-refractivity contribution in [3.05, 3.63) is 48.1 Å². The third-order valence-corrected chi connectivity index (χ3v) is 1.31. The second kappa shape index (κ2) is 4.73. The molecule has 0 aliphatic carbocycles. The van der Waals surface area contributed by atoms with Crippen molar-refractivity contribution in [1.29, 1.82) is 0 Å². The van der Waals surface area contributed by atoms with Crippen LogP contribution in [0.1, 0.15) is 20.8 Å². The molecule has 0 saturated carbocycles. The van der Waals surface area contributed by atoms with Gasteiger partial charge in [-0.2, -0.15) is 0 Å². The summed E-state index contributed by atoms with van der Waals surface area (Å²) in [7, 11) is 0. The highest BCUT2D eigenvalue weighted by Crippen LogP contribution is 2.07. The first kappa shape index (κ1) is 9.96. The Kier molecular flexibility index (Phi) is 4.28. The Hall–Kier alpha value is -1.04. The van der Waals surface area contributed by atoms with E-state index in [4.69, 9.17) is 0 Å². The van der Waals surface area contributed by atoms with Crippen molar-refractivity contribution in [3.8, 4) is 0 Å². The van der Waals surface area contributed by atoms with Crippen LogP contribution in [0.25, 0.3) is 0 Å². The highest BCUT2D eigenvalue weighted by atomic mass is 13.9. The lowest BCUT2D eigenvalue weighted by Crippen LogP contribution is -1.76. The molecule has 0 unspecified atom stereocenters. The Morgan fingerprint density at radius 2 is 1.64 bits per heavy atom. The van der Waals surface area contributed by atoms with E-state index < -0.39 is 0 Å². The van der Waals surface area contributed by atoms with Gasteiger partial charge in [0.25, 0.3) is 0 Å². The first-order valence-electron chi connectivity index (χ1n) is 3.71. The first-order valence-corrected chi connectivity index (χ1v) is 3.71. The van der Waals surface area contributed by atoms with E-state index in [-0.39, 0.29) is 0 Å². The largest absolute Gasteiger partial charge is 0.0985 e. The fourth-order valence-electron chi connectivity index (χ4n) is 0.641. The van der Waals surface area contributed by atoms with Crippen LogP contribution < -0.4 is 0 Å².